The Morgan fingerprint density at radius 2 is 1.95 bits per heavy atom. The highest BCUT2D eigenvalue weighted by Gasteiger charge is 2.36. The molecule has 0 aromatic heterocycles. The van der Waals surface area contributed by atoms with Crippen molar-refractivity contribution in [3.63, 3.8) is 0 Å². The SMILES string of the molecule is C=C(C)C(=O)OCCCC(C)(CCN)S(=O)(=O)O.O. The summed E-state index contributed by atoms with van der Waals surface area (Å²) < 4.78 is 35.2. The van der Waals surface area contributed by atoms with Gasteiger partial charge in [-0.2, -0.15) is 8.42 Å². The molecule has 1 atom stereocenters. The van der Waals surface area contributed by atoms with E-state index in [2.05, 4.69) is 6.58 Å². The van der Waals surface area contributed by atoms with Crippen LogP contribution in [0.1, 0.15) is 33.1 Å². The molecule has 0 saturated heterocycles. The third kappa shape index (κ3) is 6.67. The van der Waals surface area contributed by atoms with Gasteiger partial charge in [-0.15, -0.1) is 0 Å². The molecule has 0 heterocycles. The van der Waals surface area contributed by atoms with Crippen LogP contribution < -0.4 is 5.73 Å². The van der Waals surface area contributed by atoms with Crippen molar-refractivity contribution in [3.05, 3.63) is 12.2 Å². The van der Waals surface area contributed by atoms with Crippen molar-refractivity contribution in [1.82, 2.24) is 0 Å². The van der Waals surface area contributed by atoms with Gasteiger partial charge in [0.1, 0.15) is 0 Å². The summed E-state index contributed by atoms with van der Waals surface area (Å²) >= 11 is 0. The van der Waals surface area contributed by atoms with Gasteiger partial charge >= 0.3 is 5.97 Å². The first kappa shape index (κ1) is 20.4. The van der Waals surface area contributed by atoms with Gasteiger partial charge in [-0.3, -0.25) is 4.55 Å². The lowest BCUT2D eigenvalue weighted by atomic mass is 10.0. The van der Waals surface area contributed by atoms with E-state index in [0.717, 1.165) is 0 Å². The maximum absolute atomic E-state index is 11.3. The van der Waals surface area contributed by atoms with Crippen LogP contribution in [0.5, 0.6) is 0 Å². The molecule has 0 aromatic rings. The van der Waals surface area contributed by atoms with Crippen LogP contribution in [0.15, 0.2) is 12.2 Å². The van der Waals surface area contributed by atoms with E-state index in [4.69, 9.17) is 15.0 Å². The third-order valence-electron chi connectivity index (χ3n) is 2.73. The van der Waals surface area contributed by atoms with E-state index in [1.807, 2.05) is 0 Å². The number of esters is 1. The summed E-state index contributed by atoms with van der Waals surface area (Å²) in [5, 5.41) is 0. The minimum atomic E-state index is -4.18. The van der Waals surface area contributed by atoms with Crippen molar-refractivity contribution in [2.24, 2.45) is 5.73 Å². The Morgan fingerprint density at radius 3 is 2.32 bits per heavy atom. The second-order valence-corrected chi connectivity index (χ2v) is 6.42. The van der Waals surface area contributed by atoms with Crippen LogP contribution in [0.2, 0.25) is 0 Å². The van der Waals surface area contributed by atoms with Crippen molar-refractivity contribution in [3.8, 4) is 0 Å². The summed E-state index contributed by atoms with van der Waals surface area (Å²) in [6.07, 6.45) is 0.655. The molecule has 5 N–H and O–H groups in total. The first-order valence-corrected chi connectivity index (χ1v) is 7.08. The quantitative estimate of drug-likeness (QED) is 0.281. The van der Waals surface area contributed by atoms with Gasteiger partial charge in [-0.1, -0.05) is 6.58 Å². The lowest BCUT2D eigenvalue weighted by Gasteiger charge is -2.25. The molecule has 0 rings (SSSR count). The largest absolute Gasteiger partial charge is 0.462 e. The lowest BCUT2D eigenvalue weighted by Crippen LogP contribution is -2.37. The summed E-state index contributed by atoms with van der Waals surface area (Å²) in [5.41, 5.74) is 5.62. The maximum atomic E-state index is 11.3. The number of hydrogen-bond acceptors (Lipinski definition) is 5. The van der Waals surface area contributed by atoms with Crippen LogP contribution in [-0.4, -0.2) is 42.3 Å². The van der Waals surface area contributed by atoms with Gasteiger partial charge < -0.3 is 15.9 Å². The molecule has 0 aromatic carbocycles. The van der Waals surface area contributed by atoms with Gasteiger partial charge in [0, 0.05) is 5.57 Å². The molecule has 0 aliphatic heterocycles. The zero-order chi connectivity index (χ0) is 14.4. The molecule has 19 heavy (non-hydrogen) atoms. The van der Waals surface area contributed by atoms with Crippen LogP contribution in [0.25, 0.3) is 0 Å². The molecule has 0 aliphatic rings. The predicted molar refractivity (Wildman–Crippen MR) is 72.2 cm³/mol. The highest BCUT2D eigenvalue weighted by molar-refractivity contribution is 7.87. The first-order valence-electron chi connectivity index (χ1n) is 5.64. The standard InChI is InChI=1S/C11H21NO5S.H2O/c1-9(2)10(13)17-8-4-5-11(3,6-7-12)18(14,15)16;/h1,4-8,12H2,2-3H3,(H,14,15,16);1H2. The molecular formula is C11H23NO6S. The summed E-state index contributed by atoms with van der Waals surface area (Å²) in [6.45, 7) is 6.62. The predicted octanol–water partition coefficient (Wildman–Crippen LogP) is 0.0565. The van der Waals surface area contributed by atoms with Crippen molar-refractivity contribution >= 4 is 16.1 Å². The smallest absolute Gasteiger partial charge is 0.333 e. The highest BCUT2D eigenvalue weighted by atomic mass is 32.2. The van der Waals surface area contributed by atoms with Gasteiger partial charge in [0.15, 0.2) is 0 Å². The molecular weight excluding hydrogens is 274 g/mol. The molecule has 0 aliphatic carbocycles. The van der Waals surface area contributed by atoms with Crippen molar-refractivity contribution < 1.29 is 28.0 Å². The van der Waals surface area contributed by atoms with Gasteiger partial charge in [-0.25, -0.2) is 4.79 Å². The number of carbonyl (C=O) groups excluding carboxylic acids is 1. The molecule has 0 fully saturated rings. The van der Waals surface area contributed by atoms with E-state index in [1.165, 1.54) is 13.8 Å². The van der Waals surface area contributed by atoms with Gasteiger partial charge in [0.2, 0.25) is 0 Å². The van der Waals surface area contributed by atoms with Crippen molar-refractivity contribution in [2.45, 2.75) is 37.9 Å². The van der Waals surface area contributed by atoms with E-state index in [-0.39, 0.29) is 37.0 Å². The van der Waals surface area contributed by atoms with Crippen LogP contribution in [0.3, 0.4) is 0 Å². The third-order valence-corrected chi connectivity index (χ3v) is 4.38. The van der Waals surface area contributed by atoms with Crippen molar-refractivity contribution in [1.29, 1.82) is 0 Å². The number of hydrogen-bond donors (Lipinski definition) is 2. The van der Waals surface area contributed by atoms with Gasteiger partial charge in [0.05, 0.1) is 11.4 Å². The zero-order valence-corrected chi connectivity index (χ0v) is 12.1. The Bertz CT molecular complexity index is 405. The number of ether oxygens (including phenoxy) is 1. The van der Waals surface area contributed by atoms with E-state index in [0.29, 0.717) is 6.42 Å². The normalized spacial score (nSPS) is 14.1. The molecule has 7 nitrogen and oxygen atoms in total. The molecule has 1 unspecified atom stereocenters. The lowest BCUT2D eigenvalue weighted by molar-refractivity contribution is -0.139. The maximum Gasteiger partial charge on any atom is 0.333 e. The molecule has 8 heteroatoms. The Hall–Kier alpha value is -0.960. The molecule has 0 saturated carbocycles. The van der Waals surface area contributed by atoms with Crippen LogP contribution in [0, 0.1) is 0 Å². The summed E-state index contributed by atoms with van der Waals surface area (Å²) in [7, 11) is -4.18. The summed E-state index contributed by atoms with van der Waals surface area (Å²) in [6, 6.07) is 0. The van der Waals surface area contributed by atoms with Crippen LogP contribution in [-0.2, 0) is 19.6 Å². The highest BCUT2D eigenvalue weighted by Crippen LogP contribution is 2.25. The fourth-order valence-corrected chi connectivity index (χ4v) is 2.20. The van der Waals surface area contributed by atoms with Gasteiger partial charge in [0.25, 0.3) is 10.1 Å². The topological polar surface area (TPSA) is 138 Å². The van der Waals surface area contributed by atoms with Crippen LogP contribution in [0.4, 0.5) is 0 Å². The Kier molecular flexibility index (Phi) is 8.85. The van der Waals surface area contributed by atoms with E-state index >= 15 is 0 Å². The van der Waals surface area contributed by atoms with Crippen molar-refractivity contribution in [2.75, 3.05) is 13.2 Å². The second kappa shape index (κ2) is 8.26. The number of rotatable bonds is 8. The minimum absolute atomic E-state index is 0. The summed E-state index contributed by atoms with van der Waals surface area (Å²) in [5.74, 6) is -0.512. The fourth-order valence-electron chi connectivity index (χ4n) is 1.42. The zero-order valence-electron chi connectivity index (χ0n) is 11.3. The van der Waals surface area contributed by atoms with E-state index in [9.17, 15) is 13.2 Å². The molecule has 0 radical (unpaired) electrons. The molecule has 0 spiro atoms. The first-order chi connectivity index (χ1) is 8.14. The van der Waals surface area contributed by atoms with E-state index < -0.39 is 20.8 Å². The van der Waals surface area contributed by atoms with Gasteiger partial charge in [-0.05, 0) is 39.7 Å². The Labute approximate surface area is 113 Å². The average molecular weight is 297 g/mol. The Morgan fingerprint density at radius 1 is 1.42 bits per heavy atom. The average Bonchev–Trinajstić information content (AvgIpc) is 2.22. The van der Waals surface area contributed by atoms with E-state index in [1.54, 1.807) is 0 Å². The molecule has 0 amide bonds. The monoisotopic (exact) mass is 297 g/mol. The Balaban J connectivity index is 0. The second-order valence-electron chi connectivity index (χ2n) is 4.48. The fraction of sp³-hybridized carbons (Fsp3) is 0.727. The molecule has 114 valence electrons. The number of carbonyl (C=O) groups is 1. The number of nitrogens with two attached hydrogens (primary N) is 1. The minimum Gasteiger partial charge on any atom is -0.462 e. The summed E-state index contributed by atoms with van der Waals surface area (Å²) in [4.78, 5) is 11.1. The van der Waals surface area contributed by atoms with Crippen LogP contribution >= 0.6 is 0 Å². The molecule has 0 bridgehead atoms.